The number of halogens is 4. The molecule has 7 aliphatic rings. The maximum absolute atomic E-state index is 15.8. The number of likely N-dealkylation sites (tertiary alicyclic amines) is 2. The smallest absolute Gasteiger partial charge is 0.326 e. The fourth-order valence-corrected chi connectivity index (χ4v) is 15.4. The minimum atomic E-state index is -0.658. The maximum Gasteiger partial charge on any atom is 0.326 e. The number of methoxy groups -OCH3 is 1. The number of amidine groups is 1. The lowest BCUT2D eigenvalue weighted by Crippen LogP contribution is -2.66. The molecule has 4 aromatic carbocycles. The Morgan fingerprint density at radius 1 is 0.752 bits per heavy atom. The summed E-state index contributed by atoms with van der Waals surface area (Å²) in [4.78, 5) is 95.4. The van der Waals surface area contributed by atoms with Crippen molar-refractivity contribution in [1.29, 1.82) is 0 Å². The summed E-state index contributed by atoms with van der Waals surface area (Å²) >= 11 is 12.8. The zero-order valence-electron chi connectivity index (χ0n) is 58.4. The molecular weight excluding hydrogens is 1340 g/mol. The van der Waals surface area contributed by atoms with Gasteiger partial charge in [-0.2, -0.15) is 0 Å². The molecule has 6 aliphatic heterocycles. The van der Waals surface area contributed by atoms with E-state index in [1.54, 1.807) is 53.3 Å². The lowest BCUT2D eigenvalue weighted by atomic mass is 9.82. The molecule has 27 heteroatoms. The van der Waals surface area contributed by atoms with Crippen LogP contribution in [0.4, 0.5) is 30.9 Å². The lowest BCUT2D eigenvalue weighted by molar-refractivity contribution is -0.139. The van der Waals surface area contributed by atoms with E-state index >= 15 is 13.6 Å². The Balaban J connectivity index is 0.515. The number of anilines is 3. The Labute approximate surface area is 599 Å². The third kappa shape index (κ3) is 18.3. The number of carbonyl (C=O) groups excluding carboxylic acids is 5. The van der Waals surface area contributed by atoms with Crippen LogP contribution in [0.1, 0.15) is 107 Å². The highest BCUT2D eigenvalue weighted by Crippen LogP contribution is 2.47. The van der Waals surface area contributed by atoms with Crippen molar-refractivity contribution in [2.75, 3.05) is 147 Å². The summed E-state index contributed by atoms with van der Waals surface area (Å²) < 4.78 is 55.3. The summed E-state index contributed by atoms with van der Waals surface area (Å²) in [5.74, 6) is 1.74. The number of aliphatic imine (C=N–C) groups is 1. The Bertz CT molecular complexity index is 3770. The molecule has 5 aromatic rings. The van der Waals surface area contributed by atoms with Crippen LogP contribution >= 0.6 is 23.2 Å². The second-order valence-corrected chi connectivity index (χ2v) is 29.8. The number of carbonyl (C=O) groups is 5. The van der Waals surface area contributed by atoms with Gasteiger partial charge < -0.3 is 64.7 Å². The minimum Gasteiger partial charge on any atom is -0.497 e. The van der Waals surface area contributed by atoms with Crippen LogP contribution in [0.15, 0.2) is 96.2 Å². The van der Waals surface area contributed by atoms with Gasteiger partial charge in [0.15, 0.2) is 0 Å². The van der Waals surface area contributed by atoms with Crippen molar-refractivity contribution >= 4 is 76.0 Å². The van der Waals surface area contributed by atoms with Crippen LogP contribution < -0.4 is 40.5 Å². The second-order valence-electron chi connectivity index (χ2n) is 28.9. The first-order valence-electron chi connectivity index (χ1n) is 35.5. The van der Waals surface area contributed by atoms with Crippen molar-refractivity contribution < 1.29 is 51.7 Å². The van der Waals surface area contributed by atoms with Crippen molar-refractivity contribution in [2.24, 2.45) is 22.2 Å². The Morgan fingerprint density at radius 2 is 1.47 bits per heavy atom. The molecular formula is C74H94Cl2F2N14O9. The van der Waals surface area contributed by atoms with Gasteiger partial charge in [0.25, 0.3) is 0 Å². The molecule has 542 valence electrons. The van der Waals surface area contributed by atoms with Crippen LogP contribution in [-0.4, -0.2) is 219 Å². The van der Waals surface area contributed by atoms with E-state index in [0.29, 0.717) is 128 Å². The van der Waals surface area contributed by atoms with Gasteiger partial charge in [-0.05, 0) is 143 Å². The van der Waals surface area contributed by atoms with Crippen LogP contribution in [0.25, 0.3) is 0 Å². The highest BCUT2D eigenvalue weighted by atomic mass is 35.5. The number of benzene rings is 4. The van der Waals surface area contributed by atoms with E-state index in [4.69, 9.17) is 47.1 Å². The molecule has 1 spiro atoms. The van der Waals surface area contributed by atoms with E-state index in [9.17, 15) is 19.2 Å². The first-order chi connectivity index (χ1) is 48.6. The van der Waals surface area contributed by atoms with Gasteiger partial charge >= 0.3 is 6.03 Å². The highest BCUT2D eigenvalue weighted by Gasteiger charge is 2.47. The van der Waals surface area contributed by atoms with E-state index in [2.05, 4.69) is 59.8 Å². The summed E-state index contributed by atoms with van der Waals surface area (Å²) in [6.07, 6.45) is 7.01. The van der Waals surface area contributed by atoms with Crippen LogP contribution in [0.5, 0.6) is 11.5 Å². The van der Waals surface area contributed by atoms with Gasteiger partial charge in [0, 0.05) is 112 Å². The van der Waals surface area contributed by atoms with Gasteiger partial charge in [0.1, 0.15) is 66.1 Å². The standard InChI is InChI=1S/C74H94Cl2F2N14O9/c1-48(2)101-62-36-56(98-5)15-16-58(62)71-84-69(49-7-11-54(75)12-8-49)70(50-9-13-55(76)14-10-50)92(71)72(97)90-29-28-89(68(96)44-90)42-65(93)81-23-31-99-32-30-87-39-51-33-57(34-52(51)40-87)100-45-67(95)80-22-6-21-79-63-38-64(83-47-82-63)88-26-19-74(20-27-88)46-91(43-66(94)85-74)61-37-59(77)53(35-60(61)78)41-86-24-17-73(3,4)18-25-86/h7-16,35-38,47-48,51-52,57,69-70H,6,17-34,39-46H2,1-5H3,(H,80,95)(H,81,93)(H,85,94)(H,79,82,83)/t51-,52+,57-,69-,70+/m0/s1. The third-order valence-electron chi connectivity index (χ3n) is 20.7. The van der Waals surface area contributed by atoms with Gasteiger partial charge in [-0.1, -0.05) is 61.3 Å². The summed E-state index contributed by atoms with van der Waals surface area (Å²) in [6.45, 7) is 16.5. The van der Waals surface area contributed by atoms with Crippen LogP contribution in [-0.2, 0) is 35.2 Å². The van der Waals surface area contributed by atoms with Crippen LogP contribution in [0, 0.1) is 28.9 Å². The first-order valence-corrected chi connectivity index (χ1v) is 36.2. The highest BCUT2D eigenvalue weighted by molar-refractivity contribution is 6.30. The number of urea groups is 1. The van der Waals surface area contributed by atoms with Crippen molar-refractivity contribution in [3.63, 3.8) is 0 Å². The molecule has 6 amide bonds. The maximum atomic E-state index is 15.8. The molecule has 4 N–H and O–H groups in total. The van der Waals surface area contributed by atoms with E-state index in [-0.39, 0.29) is 92.8 Å². The average Bonchev–Trinajstić information content (AvgIpc) is 1.63. The molecule has 5 atom stereocenters. The molecule has 23 nitrogen and oxygen atoms in total. The summed E-state index contributed by atoms with van der Waals surface area (Å²) in [6, 6.07) is 22.8. The average molecular weight is 1430 g/mol. The zero-order chi connectivity index (χ0) is 71.0. The number of fused-ring (bicyclic) bond motifs is 1. The fraction of sp³-hybridized carbons (Fsp3) is 0.541. The van der Waals surface area contributed by atoms with Crippen molar-refractivity contribution in [1.82, 2.24) is 50.4 Å². The molecule has 1 aliphatic carbocycles. The summed E-state index contributed by atoms with van der Waals surface area (Å²) in [5.41, 5.74) is 2.27. The van der Waals surface area contributed by atoms with Crippen LogP contribution in [0.2, 0.25) is 10.0 Å². The van der Waals surface area contributed by atoms with Gasteiger partial charge in [-0.3, -0.25) is 34.0 Å². The number of aromatic nitrogens is 2. The molecule has 0 bridgehead atoms. The predicted octanol–water partition coefficient (Wildman–Crippen LogP) is 8.74. The van der Waals surface area contributed by atoms with E-state index < -0.39 is 35.3 Å². The van der Waals surface area contributed by atoms with Gasteiger partial charge in [0.05, 0.1) is 68.5 Å². The number of hydrogen-bond acceptors (Lipinski definition) is 17. The lowest BCUT2D eigenvalue weighted by Gasteiger charge is -2.48. The van der Waals surface area contributed by atoms with E-state index in [1.807, 2.05) is 50.2 Å². The Kier molecular flexibility index (Phi) is 23.5. The number of nitrogens with one attached hydrogen (secondary N) is 4. The monoisotopic (exact) mass is 1430 g/mol. The fourth-order valence-electron chi connectivity index (χ4n) is 15.1. The molecule has 1 aromatic heterocycles. The minimum absolute atomic E-state index is 0.00671. The topological polar surface area (TPSA) is 231 Å². The number of rotatable bonds is 26. The molecule has 7 heterocycles. The SMILES string of the molecule is COc1ccc(C2=N[C@@H](c3ccc(Cl)cc3)[C@@H](c3ccc(Cl)cc3)N2C(=O)N2CCN(CC(=O)NCCOCCN3C[C@H]4C[C@@H](OCC(=O)NCCCNc5cc(N6CCC7(CC6)CN(c6cc(F)c(CN8CCC(C)(C)CC8)cc6F)CC(=O)N7)ncn5)C[C@H]4C3)C(=O)C2)c(OC(C)C)c1. The molecule has 101 heavy (non-hydrogen) atoms. The molecule has 5 saturated heterocycles. The number of piperidine rings is 2. The normalized spacial score (nSPS) is 22.2. The number of piperazine rings is 2. The Hall–Kier alpha value is -7.94. The van der Waals surface area contributed by atoms with Gasteiger partial charge in [-0.25, -0.2) is 23.5 Å². The number of nitrogens with zero attached hydrogens (tertiary/aromatic N) is 10. The number of hydrogen-bond donors (Lipinski definition) is 4. The third-order valence-corrected chi connectivity index (χ3v) is 21.2. The Morgan fingerprint density at radius 3 is 2.17 bits per heavy atom. The quantitative estimate of drug-likeness (QED) is 0.0379. The van der Waals surface area contributed by atoms with Crippen molar-refractivity contribution in [3.05, 3.63) is 135 Å². The predicted molar refractivity (Wildman–Crippen MR) is 383 cm³/mol. The molecule has 12 rings (SSSR count). The number of amides is 6. The van der Waals surface area contributed by atoms with Crippen molar-refractivity contribution in [3.8, 4) is 11.5 Å². The van der Waals surface area contributed by atoms with E-state index in [1.165, 1.54) is 28.3 Å². The molecule has 1 saturated carbocycles. The zero-order valence-corrected chi connectivity index (χ0v) is 59.9. The largest absolute Gasteiger partial charge is 0.497 e. The summed E-state index contributed by atoms with van der Waals surface area (Å²) in [7, 11) is 1.57. The van der Waals surface area contributed by atoms with E-state index in [0.717, 1.165) is 75.4 Å². The summed E-state index contributed by atoms with van der Waals surface area (Å²) in [5, 5.41) is 13.5. The molecule has 6 fully saturated rings. The molecule has 0 radical (unpaired) electrons. The number of ether oxygens (including phenoxy) is 4. The second kappa shape index (κ2) is 32.6. The van der Waals surface area contributed by atoms with Crippen molar-refractivity contribution in [2.45, 2.75) is 109 Å². The van der Waals surface area contributed by atoms with Gasteiger partial charge in [-0.15, -0.1) is 0 Å². The van der Waals surface area contributed by atoms with Gasteiger partial charge in [0.2, 0.25) is 23.6 Å². The molecule has 0 unspecified atom stereocenters. The van der Waals surface area contributed by atoms with Crippen LogP contribution in [0.3, 0.4) is 0 Å². The first kappa shape index (κ1) is 72.8.